The van der Waals surface area contributed by atoms with Gasteiger partial charge in [-0.05, 0) is 30.5 Å². The van der Waals surface area contributed by atoms with Gasteiger partial charge in [-0.3, -0.25) is 9.59 Å². The summed E-state index contributed by atoms with van der Waals surface area (Å²) in [5, 5.41) is 12.8. The number of hydrogen-bond donors (Lipinski definition) is 2. The number of carbonyl (C=O) groups excluding carboxylic acids is 2. The highest BCUT2D eigenvalue weighted by Gasteiger charge is 2.25. The van der Waals surface area contributed by atoms with Gasteiger partial charge in [0, 0.05) is 30.6 Å². The Hall–Kier alpha value is -2.87. The summed E-state index contributed by atoms with van der Waals surface area (Å²) in [5.74, 6) is -0.250. The Morgan fingerprint density at radius 1 is 1.21 bits per heavy atom. The molecule has 2 rings (SSSR count). The zero-order valence-corrected chi connectivity index (χ0v) is 17.1. The van der Waals surface area contributed by atoms with Crippen molar-refractivity contribution in [2.45, 2.75) is 39.2 Å². The van der Waals surface area contributed by atoms with Crippen molar-refractivity contribution in [3.05, 3.63) is 40.2 Å². The standard InChI is InChI=1S/C21H28N2O6/c1-4-8-23(9-5-2)21(27)17(13-24)22-19(25)10-14-11-20(26)29-18-12-15(28-3)6-7-16(14)18/h6-7,11-12,17,24H,4-5,8-10,13H2,1-3H3,(H,22,25)/t17-/m0/s1. The molecule has 0 fully saturated rings. The van der Waals surface area contributed by atoms with Gasteiger partial charge in [-0.25, -0.2) is 4.79 Å². The van der Waals surface area contributed by atoms with Crippen molar-refractivity contribution in [1.82, 2.24) is 10.2 Å². The number of carbonyl (C=O) groups is 2. The largest absolute Gasteiger partial charge is 0.497 e. The topological polar surface area (TPSA) is 109 Å². The van der Waals surface area contributed by atoms with Crippen LogP contribution < -0.4 is 15.7 Å². The zero-order valence-electron chi connectivity index (χ0n) is 17.1. The minimum absolute atomic E-state index is 0.125. The Kier molecular flexibility index (Phi) is 8.21. The number of methoxy groups -OCH3 is 1. The lowest BCUT2D eigenvalue weighted by Crippen LogP contribution is -2.51. The summed E-state index contributed by atoms with van der Waals surface area (Å²) in [6.07, 6.45) is 1.44. The quantitative estimate of drug-likeness (QED) is 0.581. The van der Waals surface area contributed by atoms with Crippen molar-refractivity contribution >= 4 is 22.8 Å². The molecule has 8 heteroatoms. The van der Waals surface area contributed by atoms with Crippen LogP contribution in [-0.2, 0) is 16.0 Å². The van der Waals surface area contributed by atoms with E-state index in [9.17, 15) is 19.5 Å². The van der Waals surface area contributed by atoms with Crippen molar-refractivity contribution in [2.75, 3.05) is 26.8 Å². The number of fused-ring (bicyclic) bond motifs is 1. The molecule has 1 aromatic heterocycles. The monoisotopic (exact) mass is 404 g/mol. The summed E-state index contributed by atoms with van der Waals surface area (Å²) in [7, 11) is 1.50. The summed E-state index contributed by atoms with van der Waals surface area (Å²) in [6, 6.07) is 5.22. The predicted octanol–water partition coefficient (Wildman–Crippen LogP) is 1.47. The minimum atomic E-state index is -1.02. The maximum absolute atomic E-state index is 12.7. The molecule has 0 saturated heterocycles. The zero-order chi connectivity index (χ0) is 21.4. The number of aliphatic hydroxyl groups is 1. The second kappa shape index (κ2) is 10.6. The number of aliphatic hydroxyl groups excluding tert-OH is 1. The maximum Gasteiger partial charge on any atom is 0.336 e. The molecular formula is C21H28N2O6. The van der Waals surface area contributed by atoms with E-state index in [0.717, 1.165) is 12.8 Å². The summed E-state index contributed by atoms with van der Waals surface area (Å²) in [6.45, 7) is 4.55. The third-order valence-electron chi connectivity index (χ3n) is 4.50. The van der Waals surface area contributed by atoms with Gasteiger partial charge >= 0.3 is 5.63 Å². The molecule has 0 aliphatic carbocycles. The van der Waals surface area contributed by atoms with E-state index in [1.54, 1.807) is 23.1 Å². The molecule has 0 bridgehead atoms. The predicted molar refractivity (Wildman–Crippen MR) is 109 cm³/mol. The molecule has 0 unspecified atom stereocenters. The summed E-state index contributed by atoms with van der Waals surface area (Å²) >= 11 is 0. The molecule has 0 radical (unpaired) electrons. The Balaban J connectivity index is 2.18. The van der Waals surface area contributed by atoms with Gasteiger partial charge in [0.2, 0.25) is 11.8 Å². The molecule has 0 spiro atoms. The first-order valence-electron chi connectivity index (χ1n) is 9.73. The van der Waals surface area contributed by atoms with Crippen molar-refractivity contribution in [3.63, 3.8) is 0 Å². The van der Waals surface area contributed by atoms with Gasteiger partial charge in [0.25, 0.3) is 0 Å². The highest BCUT2D eigenvalue weighted by atomic mass is 16.5. The van der Waals surface area contributed by atoms with E-state index < -0.39 is 24.2 Å². The highest BCUT2D eigenvalue weighted by Crippen LogP contribution is 2.22. The van der Waals surface area contributed by atoms with Gasteiger partial charge in [0.05, 0.1) is 20.1 Å². The summed E-state index contributed by atoms with van der Waals surface area (Å²) in [4.78, 5) is 38.7. The molecule has 29 heavy (non-hydrogen) atoms. The van der Waals surface area contributed by atoms with Crippen molar-refractivity contribution in [1.29, 1.82) is 0 Å². The molecule has 2 amide bonds. The van der Waals surface area contributed by atoms with Crippen LogP contribution in [0, 0.1) is 0 Å². The molecule has 1 aromatic carbocycles. The van der Waals surface area contributed by atoms with Crippen LogP contribution in [0.3, 0.4) is 0 Å². The third kappa shape index (κ3) is 5.80. The normalized spacial score (nSPS) is 11.9. The molecule has 0 aliphatic heterocycles. The number of amides is 2. The first-order chi connectivity index (χ1) is 13.9. The molecule has 1 heterocycles. The van der Waals surface area contributed by atoms with Crippen LogP contribution in [0.2, 0.25) is 0 Å². The Morgan fingerprint density at radius 3 is 2.48 bits per heavy atom. The number of nitrogens with zero attached hydrogens (tertiary/aromatic N) is 1. The number of hydrogen-bond acceptors (Lipinski definition) is 6. The number of rotatable bonds is 10. The highest BCUT2D eigenvalue weighted by molar-refractivity contribution is 5.91. The van der Waals surface area contributed by atoms with Crippen LogP contribution in [0.15, 0.2) is 33.5 Å². The minimum Gasteiger partial charge on any atom is -0.497 e. The van der Waals surface area contributed by atoms with Gasteiger partial charge in [-0.15, -0.1) is 0 Å². The lowest BCUT2D eigenvalue weighted by atomic mass is 10.1. The van der Waals surface area contributed by atoms with E-state index in [2.05, 4.69) is 5.32 Å². The van der Waals surface area contributed by atoms with Crippen LogP contribution in [0.4, 0.5) is 0 Å². The Bertz CT molecular complexity index is 902. The van der Waals surface area contributed by atoms with Crippen molar-refractivity contribution in [3.8, 4) is 5.75 Å². The van der Waals surface area contributed by atoms with Crippen LogP contribution in [-0.4, -0.2) is 54.7 Å². The average Bonchev–Trinajstić information content (AvgIpc) is 2.70. The molecule has 2 aromatic rings. The first-order valence-corrected chi connectivity index (χ1v) is 9.73. The fourth-order valence-electron chi connectivity index (χ4n) is 3.18. The lowest BCUT2D eigenvalue weighted by molar-refractivity contribution is -0.137. The average molecular weight is 404 g/mol. The Labute approximate surface area is 169 Å². The molecule has 0 aliphatic rings. The fourth-order valence-corrected chi connectivity index (χ4v) is 3.18. The van der Waals surface area contributed by atoms with Crippen LogP contribution in [0.1, 0.15) is 32.3 Å². The third-order valence-corrected chi connectivity index (χ3v) is 4.50. The molecule has 158 valence electrons. The van der Waals surface area contributed by atoms with Crippen molar-refractivity contribution < 1.29 is 23.8 Å². The van der Waals surface area contributed by atoms with E-state index in [0.29, 0.717) is 35.4 Å². The second-order valence-corrected chi connectivity index (χ2v) is 6.76. The summed E-state index contributed by atoms with van der Waals surface area (Å²) < 4.78 is 10.3. The fraction of sp³-hybridized carbons (Fsp3) is 0.476. The van der Waals surface area contributed by atoms with Crippen LogP contribution in [0.5, 0.6) is 5.75 Å². The van der Waals surface area contributed by atoms with E-state index >= 15 is 0 Å². The van der Waals surface area contributed by atoms with E-state index in [1.165, 1.54) is 13.2 Å². The van der Waals surface area contributed by atoms with Crippen LogP contribution in [0.25, 0.3) is 11.0 Å². The van der Waals surface area contributed by atoms with E-state index in [4.69, 9.17) is 9.15 Å². The van der Waals surface area contributed by atoms with Gasteiger partial charge in [-0.1, -0.05) is 13.8 Å². The summed E-state index contributed by atoms with van der Waals surface area (Å²) in [5.41, 5.74) is 0.200. The Morgan fingerprint density at radius 2 is 1.90 bits per heavy atom. The van der Waals surface area contributed by atoms with E-state index in [1.807, 2.05) is 13.8 Å². The first kappa shape index (κ1) is 22.4. The molecule has 2 N–H and O–H groups in total. The van der Waals surface area contributed by atoms with Crippen molar-refractivity contribution in [2.24, 2.45) is 0 Å². The lowest BCUT2D eigenvalue weighted by Gasteiger charge is -2.26. The number of ether oxygens (including phenoxy) is 1. The number of benzene rings is 1. The van der Waals surface area contributed by atoms with E-state index in [-0.39, 0.29) is 12.3 Å². The van der Waals surface area contributed by atoms with Gasteiger partial charge in [0.15, 0.2) is 0 Å². The van der Waals surface area contributed by atoms with Crippen LogP contribution >= 0.6 is 0 Å². The van der Waals surface area contributed by atoms with Gasteiger partial charge in [-0.2, -0.15) is 0 Å². The molecule has 8 nitrogen and oxygen atoms in total. The smallest absolute Gasteiger partial charge is 0.336 e. The molecule has 0 saturated carbocycles. The second-order valence-electron chi connectivity index (χ2n) is 6.76. The van der Waals surface area contributed by atoms with Gasteiger partial charge < -0.3 is 24.5 Å². The SMILES string of the molecule is CCCN(CCC)C(=O)[C@H](CO)NC(=O)Cc1cc(=O)oc2cc(OC)ccc12. The number of nitrogens with one attached hydrogen (secondary N) is 1. The maximum atomic E-state index is 12.7. The molecule has 1 atom stereocenters. The van der Waals surface area contributed by atoms with Gasteiger partial charge in [0.1, 0.15) is 17.4 Å². The molecular weight excluding hydrogens is 376 g/mol.